The van der Waals surface area contributed by atoms with E-state index in [0.717, 1.165) is 40.3 Å². The maximum absolute atomic E-state index is 12.7. The van der Waals surface area contributed by atoms with Crippen LogP contribution in [0.2, 0.25) is 0 Å². The van der Waals surface area contributed by atoms with Gasteiger partial charge < -0.3 is 4.79 Å². The van der Waals surface area contributed by atoms with E-state index in [9.17, 15) is 18.0 Å². The monoisotopic (exact) mass is 314 g/mol. The predicted molar refractivity (Wildman–Crippen MR) is 84.2 cm³/mol. The lowest BCUT2D eigenvalue weighted by Gasteiger charge is -2.11. The molecule has 0 spiro atoms. The van der Waals surface area contributed by atoms with Crippen molar-refractivity contribution in [2.24, 2.45) is 0 Å². The quantitative estimate of drug-likeness (QED) is 0.602. The first-order valence-corrected chi connectivity index (χ1v) is 7.12. The second kappa shape index (κ2) is 5.88. The first kappa shape index (κ1) is 15.3. The van der Waals surface area contributed by atoms with Crippen LogP contribution in [-0.2, 0) is 17.4 Å². The summed E-state index contributed by atoms with van der Waals surface area (Å²) in [5.41, 5.74) is 1.69. The van der Waals surface area contributed by atoms with E-state index in [1.807, 2.05) is 36.4 Å². The van der Waals surface area contributed by atoms with E-state index in [1.165, 1.54) is 12.1 Å². The maximum atomic E-state index is 12.7. The Morgan fingerprint density at radius 2 is 1.61 bits per heavy atom. The Bertz CT molecular complexity index is 849. The lowest BCUT2D eigenvalue weighted by Crippen LogP contribution is -2.04. The van der Waals surface area contributed by atoms with Crippen molar-refractivity contribution in [1.82, 2.24) is 0 Å². The van der Waals surface area contributed by atoms with Crippen molar-refractivity contribution in [1.29, 1.82) is 0 Å². The molecule has 1 nitrogen and oxygen atoms in total. The standard InChI is InChI=1S/C19H13F3O/c20-19(21,22)16-7-5-14(6-8-16)18-12-13(9-10-23)11-15-3-1-2-4-17(15)18/h1-8,10-12H,9H2. The molecular weight excluding hydrogens is 301 g/mol. The van der Waals surface area contributed by atoms with Gasteiger partial charge in [-0.15, -0.1) is 0 Å². The molecule has 0 saturated carbocycles. The summed E-state index contributed by atoms with van der Waals surface area (Å²) < 4.78 is 38.1. The van der Waals surface area contributed by atoms with Crippen molar-refractivity contribution in [3.63, 3.8) is 0 Å². The van der Waals surface area contributed by atoms with Gasteiger partial charge in [-0.25, -0.2) is 0 Å². The Morgan fingerprint density at radius 1 is 0.913 bits per heavy atom. The molecule has 0 radical (unpaired) electrons. The average molecular weight is 314 g/mol. The largest absolute Gasteiger partial charge is 0.416 e. The molecule has 0 unspecified atom stereocenters. The SMILES string of the molecule is O=CCc1cc(-c2ccc(C(F)(F)F)cc2)c2ccccc2c1. The van der Waals surface area contributed by atoms with Crippen LogP contribution in [0.15, 0.2) is 60.7 Å². The number of rotatable bonds is 3. The molecule has 3 rings (SSSR count). The van der Waals surface area contributed by atoms with Crippen LogP contribution >= 0.6 is 0 Å². The summed E-state index contributed by atoms with van der Waals surface area (Å²) in [4.78, 5) is 10.8. The molecule has 0 aromatic heterocycles. The van der Waals surface area contributed by atoms with Gasteiger partial charge in [0.1, 0.15) is 6.29 Å². The van der Waals surface area contributed by atoms with Crippen molar-refractivity contribution < 1.29 is 18.0 Å². The number of benzene rings is 3. The second-order valence-corrected chi connectivity index (χ2v) is 5.31. The summed E-state index contributed by atoms with van der Waals surface area (Å²) in [6.07, 6.45) is -3.25. The van der Waals surface area contributed by atoms with Gasteiger partial charge in [0, 0.05) is 6.42 Å². The van der Waals surface area contributed by atoms with Crippen molar-refractivity contribution in [2.75, 3.05) is 0 Å². The van der Waals surface area contributed by atoms with Gasteiger partial charge in [0.2, 0.25) is 0 Å². The molecule has 0 amide bonds. The summed E-state index contributed by atoms with van der Waals surface area (Å²) in [5, 5.41) is 1.91. The second-order valence-electron chi connectivity index (χ2n) is 5.31. The number of fused-ring (bicyclic) bond motifs is 1. The van der Waals surface area contributed by atoms with Crippen molar-refractivity contribution in [3.05, 3.63) is 71.8 Å². The fourth-order valence-electron chi connectivity index (χ4n) is 2.66. The molecule has 0 atom stereocenters. The topological polar surface area (TPSA) is 17.1 Å². The van der Waals surface area contributed by atoms with Crippen LogP contribution in [0.3, 0.4) is 0 Å². The molecule has 4 heteroatoms. The molecule has 0 fully saturated rings. The Balaban J connectivity index is 2.16. The summed E-state index contributed by atoms with van der Waals surface area (Å²) in [6, 6.07) is 16.5. The van der Waals surface area contributed by atoms with Gasteiger partial charge in [-0.2, -0.15) is 13.2 Å². The smallest absolute Gasteiger partial charge is 0.303 e. The van der Waals surface area contributed by atoms with Crippen LogP contribution in [0.25, 0.3) is 21.9 Å². The van der Waals surface area contributed by atoms with Crippen molar-refractivity contribution in [2.45, 2.75) is 12.6 Å². The maximum Gasteiger partial charge on any atom is 0.416 e. The molecule has 0 heterocycles. The molecule has 0 N–H and O–H groups in total. The number of alkyl halides is 3. The van der Waals surface area contributed by atoms with E-state index < -0.39 is 11.7 Å². The van der Waals surface area contributed by atoms with Crippen LogP contribution in [0.5, 0.6) is 0 Å². The summed E-state index contributed by atoms with van der Waals surface area (Å²) >= 11 is 0. The summed E-state index contributed by atoms with van der Waals surface area (Å²) in [5.74, 6) is 0. The molecular formula is C19H13F3O. The summed E-state index contributed by atoms with van der Waals surface area (Å²) in [7, 11) is 0. The molecule has 0 bridgehead atoms. The highest BCUT2D eigenvalue weighted by molar-refractivity contribution is 5.97. The lowest BCUT2D eigenvalue weighted by atomic mass is 9.94. The molecule has 0 aliphatic carbocycles. The van der Waals surface area contributed by atoms with Gasteiger partial charge in [0.15, 0.2) is 0 Å². The Morgan fingerprint density at radius 3 is 2.26 bits per heavy atom. The number of carbonyl (C=O) groups excluding carboxylic acids is 1. The molecule has 116 valence electrons. The molecule has 0 saturated heterocycles. The molecule has 0 aliphatic rings. The average Bonchev–Trinajstić information content (AvgIpc) is 2.54. The van der Waals surface area contributed by atoms with E-state index in [1.54, 1.807) is 0 Å². The van der Waals surface area contributed by atoms with Crippen LogP contribution in [-0.4, -0.2) is 6.29 Å². The van der Waals surface area contributed by atoms with Crippen molar-refractivity contribution >= 4 is 17.1 Å². The number of aldehydes is 1. The highest BCUT2D eigenvalue weighted by Gasteiger charge is 2.30. The van der Waals surface area contributed by atoms with Gasteiger partial charge in [-0.3, -0.25) is 0 Å². The third-order valence-electron chi connectivity index (χ3n) is 3.76. The van der Waals surface area contributed by atoms with Gasteiger partial charge in [-0.05, 0) is 39.6 Å². The van der Waals surface area contributed by atoms with Crippen molar-refractivity contribution in [3.8, 4) is 11.1 Å². The molecule has 3 aromatic carbocycles. The van der Waals surface area contributed by atoms with Gasteiger partial charge in [0.25, 0.3) is 0 Å². The molecule has 23 heavy (non-hydrogen) atoms. The van der Waals surface area contributed by atoms with Crippen LogP contribution < -0.4 is 0 Å². The number of halogens is 3. The van der Waals surface area contributed by atoms with E-state index in [-0.39, 0.29) is 6.42 Å². The van der Waals surface area contributed by atoms with E-state index in [4.69, 9.17) is 0 Å². The number of carbonyl (C=O) groups is 1. The minimum absolute atomic E-state index is 0.276. The highest BCUT2D eigenvalue weighted by Crippen LogP contribution is 2.34. The lowest BCUT2D eigenvalue weighted by molar-refractivity contribution is -0.137. The van der Waals surface area contributed by atoms with Gasteiger partial charge in [-0.1, -0.05) is 48.5 Å². The number of hydrogen-bond donors (Lipinski definition) is 0. The Labute approximate surface area is 131 Å². The minimum Gasteiger partial charge on any atom is -0.303 e. The fourth-order valence-corrected chi connectivity index (χ4v) is 2.66. The number of hydrogen-bond acceptors (Lipinski definition) is 1. The van der Waals surface area contributed by atoms with E-state index in [2.05, 4.69) is 0 Å². The molecule has 3 aromatic rings. The van der Waals surface area contributed by atoms with Gasteiger partial charge >= 0.3 is 6.18 Å². The van der Waals surface area contributed by atoms with Crippen LogP contribution in [0.1, 0.15) is 11.1 Å². The zero-order valence-corrected chi connectivity index (χ0v) is 12.1. The molecule has 0 aliphatic heterocycles. The Hall–Kier alpha value is -2.62. The zero-order valence-electron chi connectivity index (χ0n) is 12.1. The van der Waals surface area contributed by atoms with Crippen LogP contribution in [0.4, 0.5) is 13.2 Å². The third-order valence-corrected chi connectivity index (χ3v) is 3.76. The van der Waals surface area contributed by atoms with Crippen LogP contribution in [0, 0.1) is 0 Å². The van der Waals surface area contributed by atoms with E-state index in [0.29, 0.717) is 5.56 Å². The summed E-state index contributed by atoms with van der Waals surface area (Å²) in [6.45, 7) is 0. The normalized spacial score (nSPS) is 11.6. The Kier molecular flexibility index (Phi) is 3.90. The first-order chi connectivity index (χ1) is 11.0. The van der Waals surface area contributed by atoms with E-state index >= 15 is 0 Å². The highest BCUT2D eigenvalue weighted by atomic mass is 19.4. The fraction of sp³-hybridized carbons (Fsp3) is 0.105. The minimum atomic E-state index is -4.35. The predicted octanol–water partition coefficient (Wildman–Crippen LogP) is 5.27. The first-order valence-electron chi connectivity index (χ1n) is 7.12. The third kappa shape index (κ3) is 3.11. The van der Waals surface area contributed by atoms with Gasteiger partial charge in [0.05, 0.1) is 5.56 Å². The zero-order chi connectivity index (χ0) is 16.4.